The molecule has 1 aliphatic carbocycles. The van der Waals surface area contributed by atoms with Crippen LogP contribution in [0.4, 0.5) is 5.82 Å². The molecule has 0 bridgehead atoms. The van der Waals surface area contributed by atoms with E-state index in [1.165, 1.54) is 12.8 Å². The van der Waals surface area contributed by atoms with Crippen LogP contribution < -0.4 is 5.73 Å². The highest BCUT2D eigenvalue weighted by molar-refractivity contribution is 5.45. The van der Waals surface area contributed by atoms with Crippen LogP contribution in [0.25, 0.3) is 0 Å². The Morgan fingerprint density at radius 1 is 1.50 bits per heavy atom. The summed E-state index contributed by atoms with van der Waals surface area (Å²) in [4.78, 5) is 6.60. The highest BCUT2D eigenvalue weighted by Gasteiger charge is 2.47. The summed E-state index contributed by atoms with van der Waals surface area (Å²) in [5.74, 6) is 0.466. The lowest BCUT2D eigenvalue weighted by Gasteiger charge is -2.25. The lowest BCUT2D eigenvalue weighted by atomic mass is 9.91. The van der Waals surface area contributed by atoms with E-state index in [2.05, 4.69) is 16.8 Å². The van der Waals surface area contributed by atoms with Gasteiger partial charge in [-0.3, -0.25) is 4.90 Å². The van der Waals surface area contributed by atoms with Crippen molar-refractivity contribution in [3.8, 4) is 0 Å². The molecule has 3 rings (SSSR count). The van der Waals surface area contributed by atoms with Gasteiger partial charge in [-0.2, -0.15) is 0 Å². The standard InChI is InChI=1S/C14H21N3O/c1-9-5-12(13(15)16-7-9)14(18)6-10(2)17(8-14)11-3-4-11/h5,7,10-11,18H,3-4,6,8H2,1-2H3,(H2,15,16). The molecule has 0 aromatic carbocycles. The number of hydrogen-bond donors (Lipinski definition) is 2. The van der Waals surface area contributed by atoms with Crippen LogP contribution in [0.2, 0.25) is 0 Å². The molecule has 2 aliphatic rings. The molecule has 18 heavy (non-hydrogen) atoms. The number of aromatic nitrogens is 1. The van der Waals surface area contributed by atoms with E-state index in [4.69, 9.17) is 5.73 Å². The molecule has 0 spiro atoms. The summed E-state index contributed by atoms with van der Waals surface area (Å²) >= 11 is 0. The van der Waals surface area contributed by atoms with Gasteiger partial charge in [-0.15, -0.1) is 0 Å². The number of pyridine rings is 1. The third-order valence-electron chi connectivity index (χ3n) is 4.22. The lowest BCUT2D eigenvalue weighted by molar-refractivity contribution is 0.0456. The minimum Gasteiger partial charge on any atom is -0.384 e. The summed E-state index contributed by atoms with van der Waals surface area (Å²) in [6.45, 7) is 4.86. The fraction of sp³-hybridized carbons (Fsp3) is 0.643. The van der Waals surface area contributed by atoms with Gasteiger partial charge in [0.05, 0.1) is 0 Å². The van der Waals surface area contributed by atoms with E-state index in [-0.39, 0.29) is 0 Å². The lowest BCUT2D eigenvalue weighted by Crippen LogP contribution is -2.34. The molecular formula is C14H21N3O. The Labute approximate surface area is 108 Å². The molecule has 2 unspecified atom stereocenters. The molecule has 1 aromatic heterocycles. The Hall–Kier alpha value is -1.13. The number of hydrogen-bond acceptors (Lipinski definition) is 4. The van der Waals surface area contributed by atoms with Gasteiger partial charge in [0.25, 0.3) is 0 Å². The monoisotopic (exact) mass is 247 g/mol. The fourth-order valence-electron chi connectivity index (χ4n) is 3.17. The van der Waals surface area contributed by atoms with Crippen molar-refractivity contribution < 1.29 is 5.11 Å². The van der Waals surface area contributed by atoms with Crippen molar-refractivity contribution >= 4 is 5.82 Å². The summed E-state index contributed by atoms with van der Waals surface area (Å²) < 4.78 is 0. The van der Waals surface area contributed by atoms with Crippen LogP contribution in [0.15, 0.2) is 12.3 Å². The van der Waals surface area contributed by atoms with Gasteiger partial charge in [0.1, 0.15) is 11.4 Å². The molecule has 98 valence electrons. The van der Waals surface area contributed by atoms with E-state index < -0.39 is 5.60 Å². The first-order valence-electron chi connectivity index (χ1n) is 6.70. The molecule has 3 N–H and O–H groups in total. The average molecular weight is 247 g/mol. The minimum absolute atomic E-state index is 0.419. The zero-order valence-electron chi connectivity index (χ0n) is 11.1. The predicted octanol–water partition coefficient (Wildman–Crippen LogP) is 1.42. The zero-order chi connectivity index (χ0) is 12.9. The van der Waals surface area contributed by atoms with Gasteiger partial charge < -0.3 is 10.8 Å². The number of nitrogen functional groups attached to an aromatic ring is 1. The fourth-order valence-corrected chi connectivity index (χ4v) is 3.17. The van der Waals surface area contributed by atoms with Crippen LogP contribution in [-0.4, -0.2) is 33.6 Å². The number of anilines is 1. The predicted molar refractivity (Wildman–Crippen MR) is 71.1 cm³/mol. The molecule has 1 aromatic rings. The van der Waals surface area contributed by atoms with Crippen molar-refractivity contribution in [1.29, 1.82) is 0 Å². The van der Waals surface area contributed by atoms with Gasteiger partial charge in [-0.1, -0.05) is 0 Å². The zero-order valence-corrected chi connectivity index (χ0v) is 11.1. The first-order chi connectivity index (χ1) is 8.49. The number of aliphatic hydroxyl groups is 1. The van der Waals surface area contributed by atoms with Gasteiger partial charge in [0.2, 0.25) is 0 Å². The Morgan fingerprint density at radius 2 is 2.22 bits per heavy atom. The molecule has 4 nitrogen and oxygen atoms in total. The van der Waals surface area contributed by atoms with Crippen LogP contribution in [-0.2, 0) is 5.60 Å². The molecule has 1 aliphatic heterocycles. The van der Waals surface area contributed by atoms with Crippen LogP contribution in [0.1, 0.15) is 37.3 Å². The summed E-state index contributed by atoms with van der Waals surface area (Å²) in [7, 11) is 0. The molecule has 2 heterocycles. The third-order valence-corrected chi connectivity index (χ3v) is 4.22. The highest BCUT2D eigenvalue weighted by atomic mass is 16.3. The molecule has 1 saturated heterocycles. The number of aryl methyl sites for hydroxylation is 1. The van der Waals surface area contributed by atoms with Crippen molar-refractivity contribution in [3.63, 3.8) is 0 Å². The van der Waals surface area contributed by atoms with E-state index in [0.29, 0.717) is 24.4 Å². The van der Waals surface area contributed by atoms with Gasteiger partial charge in [0.15, 0.2) is 0 Å². The molecular weight excluding hydrogens is 226 g/mol. The van der Waals surface area contributed by atoms with E-state index >= 15 is 0 Å². The second-order valence-electron chi connectivity index (χ2n) is 5.93. The Morgan fingerprint density at radius 3 is 2.89 bits per heavy atom. The van der Waals surface area contributed by atoms with Crippen LogP contribution in [0, 0.1) is 6.92 Å². The van der Waals surface area contributed by atoms with Crippen molar-refractivity contribution in [2.24, 2.45) is 0 Å². The number of likely N-dealkylation sites (tertiary alicyclic amines) is 1. The Kier molecular flexibility index (Phi) is 2.61. The summed E-state index contributed by atoms with van der Waals surface area (Å²) in [6, 6.07) is 3.07. The van der Waals surface area contributed by atoms with E-state index in [0.717, 1.165) is 17.5 Å². The Bertz CT molecular complexity index is 472. The number of nitrogens with zero attached hydrogens (tertiary/aromatic N) is 2. The first-order valence-corrected chi connectivity index (χ1v) is 6.70. The van der Waals surface area contributed by atoms with Gasteiger partial charge >= 0.3 is 0 Å². The topological polar surface area (TPSA) is 62.4 Å². The summed E-state index contributed by atoms with van der Waals surface area (Å²) in [6.07, 6.45) is 5.03. The molecule has 0 amide bonds. The van der Waals surface area contributed by atoms with Crippen molar-refractivity contribution in [2.45, 2.75) is 50.8 Å². The smallest absolute Gasteiger partial charge is 0.129 e. The highest BCUT2D eigenvalue weighted by Crippen LogP contribution is 2.42. The molecule has 2 atom stereocenters. The van der Waals surface area contributed by atoms with Crippen LogP contribution >= 0.6 is 0 Å². The minimum atomic E-state index is -0.828. The Balaban J connectivity index is 1.93. The normalized spacial score (nSPS) is 32.9. The number of β-amino-alcohol motifs (C(OH)–C–C–N with tert-alkyl or cyclic N) is 1. The summed E-state index contributed by atoms with van der Waals surface area (Å²) in [5, 5.41) is 10.9. The molecule has 1 saturated carbocycles. The first kappa shape index (κ1) is 11.9. The maximum absolute atomic E-state index is 10.9. The molecule has 4 heteroatoms. The number of rotatable bonds is 2. The van der Waals surface area contributed by atoms with Crippen LogP contribution in [0.3, 0.4) is 0 Å². The second kappa shape index (κ2) is 3.93. The van der Waals surface area contributed by atoms with Crippen molar-refractivity contribution in [3.05, 3.63) is 23.4 Å². The van der Waals surface area contributed by atoms with Crippen LogP contribution in [0.5, 0.6) is 0 Å². The SMILES string of the molecule is Cc1cnc(N)c(C2(O)CC(C)N(C3CC3)C2)c1. The van der Waals surface area contributed by atoms with E-state index in [1.54, 1.807) is 6.20 Å². The van der Waals surface area contributed by atoms with Gasteiger partial charge in [0, 0.05) is 30.4 Å². The van der Waals surface area contributed by atoms with Gasteiger partial charge in [-0.25, -0.2) is 4.98 Å². The maximum atomic E-state index is 10.9. The third kappa shape index (κ3) is 1.89. The summed E-state index contributed by atoms with van der Waals surface area (Å²) in [5.41, 5.74) is 6.97. The second-order valence-corrected chi connectivity index (χ2v) is 5.93. The number of nitrogens with two attached hydrogens (primary N) is 1. The van der Waals surface area contributed by atoms with E-state index in [1.807, 2.05) is 13.0 Å². The van der Waals surface area contributed by atoms with Crippen molar-refractivity contribution in [2.75, 3.05) is 12.3 Å². The maximum Gasteiger partial charge on any atom is 0.129 e. The average Bonchev–Trinajstić information content (AvgIpc) is 3.09. The van der Waals surface area contributed by atoms with Crippen molar-refractivity contribution in [1.82, 2.24) is 9.88 Å². The largest absolute Gasteiger partial charge is 0.384 e. The van der Waals surface area contributed by atoms with Gasteiger partial charge in [-0.05, 0) is 44.7 Å². The quantitative estimate of drug-likeness (QED) is 0.829. The van der Waals surface area contributed by atoms with E-state index in [9.17, 15) is 5.11 Å². The molecule has 2 fully saturated rings. The molecule has 0 radical (unpaired) electrons.